The molecule has 1 saturated carbocycles. The smallest absolute Gasteiger partial charge is 0.254 e. The second-order valence-corrected chi connectivity index (χ2v) is 12.3. The van der Waals surface area contributed by atoms with Crippen LogP contribution in [0.15, 0.2) is 52.5 Å². The molecule has 6 rings (SSSR count). The standard InChI is InChI=1S/C28H23BrCl2N2O7/c1-13(35)14-2-4-15(5-3-14)33-23(36)18-8-7-17-19(21(18)24(33)37)10-27(30)25(38)32(12-29)26(39)28(27,31)22(17)20-9-6-16(11-34)40-20/h2-7,9,18-19,21-22,34H,8,10-12H2,1H3/t18-,19+,21-,22+,27+,28-/m0/s1. The second kappa shape index (κ2) is 9.37. The number of ketones is 1. The number of hydrogen-bond acceptors (Lipinski definition) is 7. The minimum absolute atomic E-state index is 0.127. The quantitative estimate of drug-likeness (QED) is 0.171. The molecule has 3 fully saturated rings. The van der Waals surface area contributed by atoms with E-state index in [2.05, 4.69) is 15.9 Å². The van der Waals surface area contributed by atoms with Gasteiger partial charge >= 0.3 is 0 Å². The maximum absolute atomic E-state index is 14.0. The number of fused-ring (bicyclic) bond motifs is 4. The number of furan rings is 1. The summed E-state index contributed by atoms with van der Waals surface area (Å²) >= 11 is 17.4. The molecule has 40 heavy (non-hydrogen) atoms. The number of imide groups is 2. The van der Waals surface area contributed by atoms with Crippen LogP contribution in [0.4, 0.5) is 5.69 Å². The third kappa shape index (κ3) is 3.45. The molecule has 1 N–H and O–H groups in total. The molecule has 9 nitrogen and oxygen atoms in total. The summed E-state index contributed by atoms with van der Waals surface area (Å²) in [4.78, 5) is 64.8. The van der Waals surface area contributed by atoms with Crippen LogP contribution in [0.25, 0.3) is 0 Å². The molecule has 0 radical (unpaired) electrons. The van der Waals surface area contributed by atoms with Crippen LogP contribution in [0.2, 0.25) is 0 Å². The van der Waals surface area contributed by atoms with Crippen LogP contribution in [0.3, 0.4) is 0 Å². The molecule has 208 valence electrons. The van der Waals surface area contributed by atoms with Crippen molar-refractivity contribution in [2.24, 2.45) is 17.8 Å². The molecule has 0 spiro atoms. The van der Waals surface area contributed by atoms with Crippen LogP contribution in [0, 0.1) is 17.8 Å². The van der Waals surface area contributed by atoms with E-state index in [1.54, 1.807) is 42.5 Å². The number of aliphatic hydroxyl groups excluding tert-OH is 1. The van der Waals surface area contributed by atoms with Crippen molar-refractivity contribution in [2.75, 3.05) is 10.4 Å². The Hall–Kier alpha value is -2.79. The van der Waals surface area contributed by atoms with E-state index in [9.17, 15) is 29.1 Å². The summed E-state index contributed by atoms with van der Waals surface area (Å²) in [6.45, 7) is 1.03. The Morgan fingerprint density at radius 3 is 2.35 bits per heavy atom. The lowest BCUT2D eigenvalue weighted by molar-refractivity contribution is -0.138. The van der Waals surface area contributed by atoms with Gasteiger partial charge in [0.2, 0.25) is 11.8 Å². The average Bonchev–Trinajstić information content (AvgIpc) is 3.55. The minimum atomic E-state index is -1.97. The SMILES string of the molecule is CC(=O)c1ccc(N2C(=O)[C@H]3[C@H](CC=C4[C@H]3C[C@@]3(Cl)C(=O)N(CBr)C(=O)[C@@]3(Cl)[C@H]4c3ccc(CO)o3)C2=O)cc1. The highest BCUT2D eigenvalue weighted by molar-refractivity contribution is 9.09. The zero-order chi connectivity index (χ0) is 28.7. The fraction of sp³-hybridized carbons (Fsp3) is 0.393. The van der Waals surface area contributed by atoms with E-state index < -0.39 is 57.7 Å². The Kier molecular flexibility index (Phi) is 6.42. The first kappa shape index (κ1) is 27.4. The van der Waals surface area contributed by atoms with E-state index in [1.807, 2.05) is 0 Å². The van der Waals surface area contributed by atoms with Gasteiger partial charge in [0, 0.05) is 5.56 Å². The van der Waals surface area contributed by atoms with E-state index >= 15 is 0 Å². The molecule has 6 atom stereocenters. The van der Waals surface area contributed by atoms with E-state index in [1.165, 1.54) is 6.92 Å². The number of rotatable bonds is 5. The van der Waals surface area contributed by atoms with Gasteiger partial charge in [0.25, 0.3) is 11.8 Å². The van der Waals surface area contributed by atoms with Crippen molar-refractivity contribution in [3.05, 3.63) is 65.1 Å². The number of hydrogen-bond donors (Lipinski definition) is 1. The molecule has 0 bridgehead atoms. The van der Waals surface area contributed by atoms with Crippen molar-refractivity contribution in [1.29, 1.82) is 0 Å². The molecule has 1 aromatic carbocycles. The summed E-state index contributed by atoms with van der Waals surface area (Å²) in [5.74, 6) is -5.20. The van der Waals surface area contributed by atoms with Gasteiger partial charge in [0.1, 0.15) is 18.1 Å². The Balaban J connectivity index is 1.47. The second-order valence-electron chi connectivity index (χ2n) is 10.6. The number of nitrogens with zero attached hydrogens (tertiary/aromatic N) is 2. The normalized spacial score (nSPS) is 33.2. The number of allylic oxidation sites excluding steroid dienone is 2. The molecule has 2 aromatic rings. The Labute approximate surface area is 247 Å². The zero-order valence-corrected chi connectivity index (χ0v) is 24.2. The molecule has 2 aliphatic carbocycles. The number of halogens is 3. The van der Waals surface area contributed by atoms with Crippen LogP contribution in [0.1, 0.15) is 47.6 Å². The Morgan fingerprint density at radius 1 is 1.05 bits per heavy atom. The number of carbonyl (C=O) groups is 5. The third-order valence-corrected chi connectivity index (χ3v) is 10.6. The van der Waals surface area contributed by atoms with Crippen molar-refractivity contribution in [1.82, 2.24) is 4.90 Å². The number of aliphatic hydroxyl groups is 1. The maximum atomic E-state index is 14.0. The molecule has 0 unspecified atom stereocenters. The highest BCUT2D eigenvalue weighted by Gasteiger charge is 2.76. The van der Waals surface area contributed by atoms with Gasteiger partial charge in [-0.05, 0) is 62.1 Å². The van der Waals surface area contributed by atoms with Crippen LogP contribution in [0.5, 0.6) is 0 Å². The number of benzene rings is 1. The molecule has 12 heteroatoms. The molecule has 4 amide bonds. The summed E-state index contributed by atoms with van der Waals surface area (Å²) in [7, 11) is 0. The molecule has 2 aliphatic heterocycles. The molecular formula is C28H23BrCl2N2O7. The van der Waals surface area contributed by atoms with Gasteiger partial charge in [-0.1, -0.05) is 27.6 Å². The molecular weight excluding hydrogens is 627 g/mol. The summed E-state index contributed by atoms with van der Waals surface area (Å²) in [5.41, 5.74) is 1.26. The van der Waals surface area contributed by atoms with E-state index in [0.29, 0.717) is 16.8 Å². The lowest BCUT2D eigenvalue weighted by atomic mass is 9.57. The molecule has 4 aliphatic rings. The van der Waals surface area contributed by atoms with Crippen molar-refractivity contribution in [3.8, 4) is 0 Å². The Morgan fingerprint density at radius 2 is 1.75 bits per heavy atom. The predicted molar refractivity (Wildman–Crippen MR) is 147 cm³/mol. The number of alkyl halides is 3. The molecule has 2 saturated heterocycles. The fourth-order valence-electron chi connectivity index (χ4n) is 6.80. The van der Waals surface area contributed by atoms with Gasteiger partial charge in [-0.15, -0.1) is 23.2 Å². The first-order valence-electron chi connectivity index (χ1n) is 12.7. The van der Waals surface area contributed by atoms with Gasteiger partial charge in [-0.3, -0.25) is 33.8 Å². The summed E-state index contributed by atoms with van der Waals surface area (Å²) in [6, 6.07) is 9.35. The van der Waals surface area contributed by atoms with Gasteiger partial charge in [-0.25, -0.2) is 0 Å². The van der Waals surface area contributed by atoms with Gasteiger partial charge < -0.3 is 9.52 Å². The van der Waals surface area contributed by atoms with Crippen molar-refractivity contribution >= 4 is 74.2 Å². The van der Waals surface area contributed by atoms with Crippen LogP contribution >= 0.6 is 39.1 Å². The van der Waals surface area contributed by atoms with Gasteiger partial charge in [0.15, 0.2) is 15.5 Å². The summed E-state index contributed by atoms with van der Waals surface area (Å²) in [6.07, 6.45) is 1.87. The average molecular weight is 650 g/mol. The third-order valence-electron chi connectivity index (χ3n) is 8.67. The largest absolute Gasteiger partial charge is 0.463 e. The fourth-order valence-corrected chi connectivity index (χ4v) is 8.21. The lowest BCUT2D eigenvalue weighted by Gasteiger charge is -2.49. The first-order valence-corrected chi connectivity index (χ1v) is 14.6. The predicted octanol–water partition coefficient (Wildman–Crippen LogP) is 3.89. The van der Waals surface area contributed by atoms with E-state index in [-0.39, 0.29) is 41.5 Å². The number of amides is 4. The highest BCUT2D eigenvalue weighted by Crippen LogP contribution is 2.65. The topological polar surface area (TPSA) is 125 Å². The van der Waals surface area contributed by atoms with Crippen LogP contribution < -0.4 is 4.90 Å². The number of carbonyl (C=O) groups excluding carboxylic acids is 5. The minimum Gasteiger partial charge on any atom is -0.463 e. The number of likely N-dealkylation sites (tertiary alicyclic amines) is 1. The van der Waals surface area contributed by atoms with E-state index in [4.69, 9.17) is 27.6 Å². The number of anilines is 1. The summed E-state index contributed by atoms with van der Waals surface area (Å²) < 4.78 is 5.85. The van der Waals surface area contributed by atoms with Gasteiger partial charge in [-0.2, -0.15) is 0 Å². The van der Waals surface area contributed by atoms with Crippen LogP contribution in [-0.4, -0.2) is 54.6 Å². The monoisotopic (exact) mass is 648 g/mol. The first-order chi connectivity index (χ1) is 19.0. The Bertz CT molecular complexity index is 1520. The van der Waals surface area contributed by atoms with Crippen molar-refractivity contribution in [2.45, 2.75) is 42.0 Å². The van der Waals surface area contributed by atoms with E-state index in [0.717, 1.165) is 9.80 Å². The van der Waals surface area contributed by atoms with Crippen molar-refractivity contribution in [3.63, 3.8) is 0 Å². The zero-order valence-electron chi connectivity index (χ0n) is 21.1. The summed E-state index contributed by atoms with van der Waals surface area (Å²) in [5, 5.41) is 9.62. The maximum Gasteiger partial charge on any atom is 0.254 e. The lowest BCUT2D eigenvalue weighted by Crippen LogP contribution is -2.60. The van der Waals surface area contributed by atoms with Crippen molar-refractivity contribution < 1.29 is 33.5 Å². The van der Waals surface area contributed by atoms with Gasteiger partial charge in [0.05, 0.1) is 28.9 Å². The highest BCUT2D eigenvalue weighted by atomic mass is 79.9. The molecule has 1 aromatic heterocycles. The molecule has 3 heterocycles. The number of Topliss-reactive ketones (excluding diaryl/α,β-unsaturated/α-hetero) is 1. The van der Waals surface area contributed by atoms with Crippen LogP contribution in [-0.2, 0) is 25.8 Å².